The van der Waals surface area contributed by atoms with Gasteiger partial charge in [-0.3, -0.25) is 15.0 Å². The zero-order chi connectivity index (χ0) is 20.3. The molecule has 3 rings (SSSR count). The minimum absolute atomic E-state index is 0.221. The number of benzene rings is 2. The van der Waals surface area contributed by atoms with Crippen molar-refractivity contribution >= 4 is 28.4 Å². The minimum Gasteiger partial charge on any atom is -0.493 e. The Morgan fingerprint density at radius 1 is 1.29 bits per heavy atom. The van der Waals surface area contributed by atoms with Crippen molar-refractivity contribution in [2.45, 2.75) is 13.8 Å². The summed E-state index contributed by atoms with van der Waals surface area (Å²) >= 11 is 6.29. The van der Waals surface area contributed by atoms with E-state index < -0.39 is 5.91 Å². The Kier molecular flexibility index (Phi) is 5.84. The summed E-state index contributed by atoms with van der Waals surface area (Å²) in [5, 5.41) is 0.646. The molecule has 1 N–H and O–H groups in total. The molecule has 0 saturated heterocycles. The van der Waals surface area contributed by atoms with E-state index in [0.717, 1.165) is 4.68 Å². The first-order valence-corrected chi connectivity index (χ1v) is 9.06. The van der Waals surface area contributed by atoms with E-state index in [9.17, 15) is 9.59 Å². The molecule has 146 valence electrons. The molecule has 1 amide bonds. The molecule has 1 aromatic heterocycles. The predicted octanol–water partition coefficient (Wildman–Crippen LogP) is 3.48. The first-order valence-electron chi connectivity index (χ1n) is 8.68. The van der Waals surface area contributed by atoms with E-state index in [1.54, 1.807) is 24.3 Å². The third-order valence-electron chi connectivity index (χ3n) is 3.94. The Morgan fingerprint density at radius 2 is 2.04 bits per heavy atom. The van der Waals surface area contributed by atoms with Crippen LogP contribution in [0.2, 0.25) is 5.02 Å². The zero-order valence-corrected chi connectivity index (χ0v) is 16.5. The van der Waals surface area contributed by atoms with Gasteiger partial charge in [-0.25, -0.2) is 9.66 Å². The highest BCUT2D eigenvalue weighted by atomic mass is 35.5. The maximum absolute atomic E-state index is 12.6. The van der Waals surface area contributed by atoms with Crippen LogP contribution in [0, 0.1) is 5.92 Å². The summed E-state index contributed by atoms with van der Waals surface area (Å²) in [6.45, 7) is 4.48. The van der Waals surface area contributed by atoms with Crippen molar-refractivity contribution in [2.75, 3.05) is 19.1 Å². The molecule has 0 aliphatic heterocycles. The lowest BCUT2D eigenvalue weighted by atomic mass is 10.2. The SMILES string of the molecule is COc1cc(C(=O)Nn2cnc3ccccc3c2=O)cc(Cl)c1OCC(C)C. The van der Waals surface area contributed by atoms with Crippen LogP contribution in [-0.2, 0) is 0 Å². The van der Waals surface area contributed by atoms with Gasteiger partial charge in [-0.05, 0) is 30.2 Å². The van der Waals surface area contributed by atoms with Crippen LogP contribution in [0.25, 0.3) is 10.9 Å². The van der Waals surface area contributed by atoms with E-state index >= 15 is 0 Å². The Balaban J connectivity index is 1.90. The van der Waals surface area contributed by atoms with Crippen molar-refractivity contribution in [3.8, 4) is 11.5 Å². The number of nitrogens with zero attached hydrogens (tertiary/aromatic N) is 2. The molecule has 0 atom stereocenters. The molecule has 1 heterocycles. The second-order valence-corrected chi connectivity index (χ2v) is 6.98. The van der Waals surface area contributed by atoms with Crippen molar-refractivity contribution in [2.24, 2.45) is 5.92 Å². The number of ether oxygens (including phenoxy) is 2. The Bertz CT molecular complexity index is 1080. The predicted molar refractivity (Wildman–Crippen MR) is 108 cm³/mol. The summed E-state index contributed by atoms with van der Waals surface area (Å²) in [7, 11) is 1.47. The molecule has 0 radical (unpaired) electrons. The lowest BCUT2D eigenvalue weighted by molar-refractivity contribution is 0.101. The highest BCUT2D eigenvalue weighted by Crippen LogP contribution is 2.36. The summed E-state index contributed by atoms with van der Waals surface area (Å²) in [6, 6.07) is 9.87. The monoisotopic (exact) mass is 401 g/mol. The third kappa shape index (κ3) is 4.09. The number of amides is 1. The topological polar surface area (TPSA) is 82.5 Å². The van der Waals surface area contributed by atoms with Gasteiger partial charge in [-0.15, -0.1) is 0 Å². The molecule has 0 unspecified atom stereocenters. The highest BCUT2D eigenvalue weighted by molar-refractivity contribution is 6.32. The van der Waals surface area contributed by atoms with Crippen LogP contribution < -0.4 is 20.5 Å². The smallest absolute Gasteiger partial charge is 0.280 e. The number of fused-ring (bicyclic) bond motifs is 1. The van der Waals surface area contributed by atoms with Crippen LogP contribution >= 0.6 is 11.6 Å². The van der Waals surface area contributed by atoms with E-state index in [0.29, 0.717) is 34.9 Å². The quantitative estimate of drug-likeness (QED) is 0.683. The maximum atomic E-state index is 12.6. The number of carbonyl (C=O) groups excluding carboxylic acids is 1. The summed E-state index contributed by atoms with van der Waals surface area (Å²) in [5.74, 6) is 0.479. The highest BCUT2D eigenvalue weighted by Gasteiger charge is 2.17. The van der Waals surface area contributed by atoms with Crippen molar-refractivity contribution in [1.29, 1.82) is 0 Å². The normalized spacial score (nSPS) is 10.9. The molecule has 0 fully saturated rings. The van der Waals surface area contributed by atoms with Gasteiger partial charge < -0.3 is 9.47 Å². The number of para-hydroxylation sites is 1. The molecule has 2 aromatic carbocycles. The first-order chi connectivity index (χ1) is 13.4. The van der Waals surface area contributed by atoms with Crippen LogP contribution in [0.3, 0.4) is 0 Å². The second-order valence-electron chi connectivity index (χ2n) is 6.57. The molecule has 3 aromatic rings. The lowest BCUT2D eigenvalue weighted by Crippen LogP contribution is -2.33. The number of rotatable bonds is 6. The molecule has 28 heavy (non-hydrogen) atoms. The fourth-order valence-corrected chi connectivity index (χ4v) is 2.83. The van der Waals surface area contributed by atoms with Crippen molar-refractivity contribution in [1.82, 2.24) is 9.66 Å². The van der Waals surface area contributed by atoms with Gasteiger partial charge >= 0.3 is 0 Å². The van der Waals surface area contributed by atoms with Crippen molar-refractivity contribution < 1.29 is 14.3 Å². The fourth-order valence-electron chi connectivity index (χ4n) is 2.56. The van der Waals surface area contributed by atoms with Gasteiger partial charge in [0.1, 0.15) is 6.33 Å². The minimum atomic E-state index is -0.533. The Labute approximate surface area is 166 Å². The van der Waals surface area contributed by atoms with E-state index in [-0.39, 0.29) is 16.1 Å². The summed E-state index contributed by atoms with van der Waals surface area (Å²) in [4.78, 5) is 29.3. The number of hydrogen-bond donors (Lipinski definition) is 1. The fraction of sp³-hybridized carbons (Fsp3) is 0.250. The molecule has 8 heteroatoms. The Morgan fingerprint density at radius 3 is 2.75 bits per heavy atom. The van der Waals surface area contributed by atoms with E-state index in [4.69, 9.17) is 21.1 Å². The molecular weight excluding hydrogens is 382 g/mol. The zero-order valence-electron chi connectivity index (χ0n) is 15.7. The van der Waals surface area contributed by atoms with Crippen molar-refractivity contribution in [3.63, 3.8) is 0 Å². The molecule has 0 bridgehead atoms. The van der Waals surface area contributed by atoms with Gasteiger partial charge in [0.05, 0.1) is 29.6 Å². The number of nitrogens with one attached hydrogen (secondary N) is 1. The number of aromatic nitrogens is 2. The van der Waals surface area contributed by atoms with E-state index in [1.165, 1.54) is 25.6 Å². The van der Waals surface area contributed by atoms with Gasteiger partial charge in [-0.2, -0.15) is 0 Å². The number of carbonyl (C=O) groups is 1. The third-order valence-corrected chi connectivity index (χ3v) is 4.22. The number of hydrogen-bond acceptors (Lipinski definition) is 5. The van der Waals surface area contributed by atoms with Crippen LogP contribution in [-0.4, -0.2) is 29.3 Å². The first kappa shape index (κ1) is 19.7. The van der Waals surface area contributed by atoms with Gasteiger partial charge in [0.15, 0.2) is 11.5 Å². The van der Waals surface area contributed by atoms with Crippen LogP contribution in [0.15, 0.2) is 47.5 Å². The van der Waals surface area contributed by atoms with Gasteiger partial charge in [0.25, 0.3) is 11.5 Å². The van der Waals surface area contributed by atoms with Crippen LogP contribution in [0.5, 0.6) is 11.5 Å². The summed E-state index contributed by atoms with van der Waals surface area (Å²) in [5.41, 5.74) is 2.91. The molecular formula is C20H20ClN3O4. The number of methoxy groups -OCH3 is 1. The van der Waals surface area contributed by atoms with E-state index in [2.05, 4.69) is 10.4 Å². The largest absolute Gasteiger partial charge is 0.493 e. The van der Waals surface area contributed by atoms with Gasteiger partial charge in [0.2, 0.25) is 0 Å². The molecule has 0 saturated carbocycles. The Hall–Kier alpha value is -3.06. The van der Waals surface area contributed by atoms with Crippen LogP contribution in [0.1, 0.15) is 24.2 Å². The summed E-state index contributed by atoms with van der Waals surface area (Å²) in [6.07, 6.45) is 1.27. The van der Waals surface area contributed by atoms with Crippen LogP contribution in [0.4, 0.5) is 0 Å². The lowest BCUT2D eigenvalue weighted by Gasteiger charge is -2.15. The maximum Gasteiger partial charge on any atom is 0.280 e. The molecule has 7 nitrogen and oxygen atoms in total. The molecule has 0 aliphatic rings. The van der Waals surface area contributed by atoms with E-state index in [1.807, 2.05) is 13.8 Å². The second kappa shape index (κ2) is 8.31. The summed E-state index contributed by atoms with van der Waals surface area (Å²) < 4.78 is 12.0. The van der Waals surface area contributed by atoms with Crippen molar-refractivity contribution in [3.05, 3.63) is 63.7 Å². The standard InChI is InChI=1S/C20H20ClN3O4/c1-12(2)10-28-18-15(21)8-13(9-17(18)27-3)19(25)23-24-11-22-16-7-5-4-6-14(16)20(24)26/h4-9,11-12H,10H2,1-3H3,(H,23,25). The average molecular weight is 402 g/mol. The molecule has 0 spiro atoms. The van der Waals surface area contributed by atoms with Gasteiger partial charge in [-0.1, -0.05) is 37.6 Å². The molecule has 0 aliphatic carbocycles. The van der Waals surface area contributed by atoms with Gasteiger partial charge in [0, 0.05) is 5.56 Å². The average Bonchev–Trinajstić information content (AvgIpc) is 2.68. The number of halogens is 1.